The van der Waals surface area contributed by atoms with Gasteiger partial charge in [0.25, 0.3) is 0 Å². The highest BCUT2D eigenvalue weighted by Gasteiger charge is 2.14. The van der Waals surface area contributed by atoms with Crippen LogP contribution in [0, 0.1) is 13.8 Å². The molecule has 2 aromatic rings. The average molecular weight is 283 g/mol. The van der Waals surface area contributed by atoms with Crippen LogP contribution < -0.4 is 10.1 Å². The Balaban J connectivity index is 2.10. The molecule has 2 rings (SSSR count). The topological polar surface area (TPSA) is 21.3 Å². The van der Waals surface area contributed by atoms with Gasteiger partial charge in [-0.3, -0.25) is 0 Å². The van der Waals surface area contributed by atoms with Crippen LogP contribution in [-0.2, 0) is 0 Å². The molecule has 1 atom stereocenters. The van der Waals surface area contributed by atoms with Gasteiger partial charge in [0.15, 0.2) is 0 Å². The Kier molecular flexibility index (Phi) is 5.82. The van der Waals surface area contributed by atoms with E-state index in [-0.39, 0.29) is 6.04 Å². The summed E-state index contributed by atoms with van der Waals surface area (Å²) in [7, 11) is 0. The second-order valence-corrected chi connectivity index (χ2v) is 5.49. The minimum absolute atomic E-state index is 0.228. The van der Waals surface area contributed by atoms with Crippen LogP contribution in [0.2, 0.25) is 0 Å². The Bertz CT molecular complexity index is 551. The molecule has 0 aliphatic heterocycles. The number of aryl methyl sites for hydroxylation is 2. The summed E-state index contributed by atoms with van der Waals surface area (Å²) in [4.78, 5) is 0. The number of para-hydroxylation sites is 1. The molecule has 0 amide bonds. The fourth-order valence-electron chi connectivity index (χ4n) is 2.49. The van der Waals surface area contributed by atoms with Crippen LogP contribution in [0.4, 0.5) is 0 Å². The van der Waals surface area contributed by atoms with Crippen molar-refractivity contribution in [1.29, 1.82) is 0 Å². The van der Waals surface area contributed by atoms with Crippen molar-refractivity contribution in [3.8, 4) is 5.75 Å². The number of ether oxygens (including phenoxy) is 1. The SMILES string of the molecule is CCCNC(COc1ccccc1)c1ccc(C)cc1C. The van der Waals surface area contributed by atoms with E-state index in [1.807, 2.05) is 30.3 Å². The molecule has 1 unspecified atom stereocenters. The van der Waals surface area contributed by atoms with Gasteiger partial charge in [-0.15, -0.1) is 0 Å². The van der Waals surface area contributed by atoms with Crippen molar-refractivity contribution in [2.45, 2.75) is 33.2 Å². The standard InChI is InChI=1S/C19H25NO/c1-4-12-20-19(14-21-17-8-6-5-7-9-17)18-11-10-15(2)13-16(18)3/h5-11,13,19-20H,4,12,14H2,1-3H3. The zero-order valence-corrected chi connectivity index (χ0v) is 13.2. The molecule has 0 saturated heterocycles. The Hall–Kier alpha value is -1.80. The Labute approximate surface area is 128 Å². The molecule has 2 nitrogen and oxygen atoms in total. The first kappa shape index (κ1) is 15.6. The summed E-state index contributed by atoms with van der Waals surface area (Å²) in [5.74, 6) is 0.922. The summed E-state index contributed by atoms with van der Waals surface area (Å²) >= 11 is 0. The highest BCUT2D eigenvalue weighted by molar-refractivity contribution is 5.33. The molecule has 2 aromatic carbocycles. The molecule has 0 radical (unpaired) electrons. The first-order chi connectivity index (χ1) is 10.2. The molecule has 112 valence electrons. The molecule has 0 aliphatic carbocycles. The molecule has 2 heteroatoms. The first-order valence-electron chi connectivity index (χ1n) is 7.69. The monoisotopic (exact) mass is 283 g/mol. The van der Waals surface area contributed by atoms with Crippen molar-refractivity contribution in [2.75, 3.05) is 13.2 Å². The van der Waals surface area contributed by atoms with Crippen LogP contribution in [0.3, 0.4) is 0 Å². The van der Waals surface area contributed by atoms with Gasteiger partial charge >= 0.3 is 0 Å². The fraction of sp³-hybridized carbons (Fsp3) is 0.368. The highest BCUT2D eigenvalue weighted by Crippen LogP contribution is 2.21. The molecule has 1 N–H and O–H groups in total. The van der Waals surface area contributed by atoms with Crippen LogP contribution in [0.1, 0.15) is 36.1 Å². The lowest BCUT2D eigenvalue weighted by Gasteiger charge is -2.21. The van der Waals surface area contributed by atoms with Crippen molar-refractivity contribution >= 4 is 0 Å². The molecular formula is C19H25NO. The van der Waals surface area contributed by atoms with E-state index < -0.39 is 0 Å². The maximum absolute atomic E-state index is 5.94. The van der Waals surface area contributed by atoms with Crippen LogP contribution in [0.15, 0.2) is 48.5 Å². The van der Waals surface area contributed by atoms with E-state index in [9.17, 15) is 0 Å². The minimum Gasteiger partial charge on any atom is -0.492 e. The lowest BCUT2D eigenvalue weighted by Crippen LogP contribution is -2.28. The molecule has 21 heavy (non-hydrogen) atoms. The minimum atomic E-state index is 0.228. The van der Waals surface area contributed by atoms with E-state index in [0.717, 1.165) is 18.7 Å². The van der Waals surface area contributed by atoms with Gasteiger partial charge in [-0.05, 0) is 50.1 Å². The van der Waals surface area contributed by atoms with Crippen molar-refractivity contribution in [1.82, 2.24) is 5.32 Å². The van der Waals surface area contributed by atoms with E-state index in [1.165, 1.54) is 16.7 Å². The van der Waals surface area contributed by atoms with E-state index in [1.54, 1.807) is 0 Å². The van der Waals surface area contributed by atoms with E-state index in [4.69, 9.17) is 4.74 Å². The lowest BCUT2D eigenvalue weighted by atomic mass is 9.99. The van der Waals surface area contributed by atoms with Gasteiger partial charge < -0.3 is 10.1 Å². The Morgan fingerprint density at radius 2 is 1.81 bits per heavy atom. The summed E-state index contributed by atoms with van der Waals surface area (Å²) in [5, 5.41) is 3.59. The summed E-state index contributed by atoms with van der Waals surface area (Å²) in [6.45, 7) is 8.13. The zero-order chi connectivity index (χ0) is 15.1. The van der Waals surface area contributed by atoms with Crippen molar-refractivity contribution in [3.63, 3.8) is 0 Å². The molecular weight excluding hydrogens is 258 g/mol. The molecule has 0 heterocycles. The first-order valence-corrected chi connectivity index (χ1v) is 7.69. The van der Waals surface area contributed by atoms with Crippen molar-refractivity contribution in [2.24, 2.45) is 0 Å². The number of rotatable bonds is 7. The van der Waals surface area contributed by atoms with Crippen LogP contribution in [-0.4, -0.2) is 13.2 Å². The van der Waals surface area contributed by atoms with Crippen LogP contribution in [0.25, 0.3) is 0 Å². The normalized spacial score (nSPS) is 12.1. The second-order valence-electron chi connectivity index (χ2n) is 5.49. The average Bonchev–Trinajstić information content (AvgIpc) is 2.49. The van der Waals surface area contributed by atoms with Gasteiger partial charge in [-0.25, -0.2) is 0 Å². The molecule has 0 saturated carbocycles. The molecule has 0 spiro atoms. The predicted molar refractivity (Wildman–Crippen MR) is 88.9 cm³/mol. The van der Waals surface area contributed by atoms with E-state index in [0.29, 0.717) is 6.61 Å². The molecule has 0 aromatic heterocycles. The maximum Gasteiger partial charge on any atom is 0.119 e. The third-order valence-electron chi connectivity index (χ3n) is 3.60. The lowest BCUT2D eigenvalue weighted by molar-refractivity contribution is 0.266. The summed E-state index contributed by atoms with van der Waals surface area (Å²) in [6.07, 6.45) is 1.12. The number of hydrogen-bond donors (Lipinski definition) is 1. The number of hydrogen-bond acceptors (Lipinski definition) is 2. The summed E-state index contributed by atoms with van der Waals surface area (Å²) in [5.41, 5.74) is 3.94. The van der Waals surface area contributed by atoms with E-state index in [2.05, 4.69) is 44.3 Å². The van der Waals surface area contributed by atoms with Crippen LogP contribution in [0.5, 0.6) is 5.75 Å². The maximum atomic E-state index is 5.94. The largest absolute Gasteiger partial charge is 0.492 e. The van der Waals surface area contributed by atoms with Gasteiger partial charge in [0, 0.05) is 0 Å². The molecule has 0 fully saturated rings. The predicted octanol–water partition coefficient (Wildman–Crippen LogP) is 4.42. The Morgan fingerprint density at radius 3 is 2.48 bits per heavy atom. The second kappa shape index (κ2) is 7.84. The quantitative estimate of drug-likeness (QED) is 0.812. The van der Waals surface area contributed by atoms with Gasteiger partial charge in [0.2, 0.25) is 0 Å². The fourth-order valence-corrected chi connectivity index (χ4v) is 2.49. The van der Waals surface area contributed by atoms with Crippen LogP contribution >= 0.6 is 0 Å². The third kappa shape index (κ3) is 4.61. The van der Waals surface area contributed by atoms with Gasteiger partial charge in [-0.2, -0.15) is 0 Å². The molecule has 0 bridgehead atoms. The van der Waals surface area contributed by atoms with Gasteiger partial charge in [-0.1, -0.05) is 48.9 Å². The Morgan fingerprint density at radius 1 is 1.05 bits per heavy atom. The highest BCUT2D eigenvalue weighted by atomic mass is 16.5. The number of nitrogens with one attached hydrogen (secondary N) is 1. The van der Waals surface area contributed by atoms with Gasteiger partial charge in [0.1, 0.15) is 12.4 Å². The van der Waals surface area contributed by atoms with Gasteiger partial charge in [0.05, 0.1) is 6.04 Å². The third-order valence-corrected chi connectivity index (χ3v) is 3.60. The summed E-state index contributed by atoms with van der Waals surface area (Å²) < 4.78 is 5.94. The van der Waals surface area contributed by atoms with E-state index >= 15 is 0 Å². The number of benzene rings is 2. The van der Waals surface area contributed by atoms with Crippen molar-refractivity contribution in [3.05, 3.63) is 65.2 Å². The zero-order valence-electron chi connectivity index (χ0n) is 13.2. The van der Waals surface area contributed by atoms with Crippen molar-refractivity contribution < 1.29 is 4.74 Å². The smallest absolute Gasteiger partial charge is 0.119 e. The summed E-state index contributed by atoms with van der Waals surface area (Å²) in [6, 6.07) is 16.9. The molecule has 0 aliphatic rings.